The van der Waals surface area contributed by atoms with Gasteiger partial charge in [0.15, 0.2) is 0 Å². The summed E-state index contributed by atoms with van der Waals surface area (Å²) in [4.78, 5) is -0.408. The summed E-state index contributed by atoms with van der Waals surface area (Å²) >= 11 is 8.89. The molecule has 0 bridgehead atoms. The van der Waals surface area contributed by atoms with Crippen LogP contribution in [0.3, 0.4) is 0 Å². The molecule has 4 nitrogen and oxygen atoms in total. The second-order valence-electron chi connectivity index (χ2n) is 4.46. The van der Waals surface area contributed by atoms with E-state index in [2.05, 4.69) is 15.9 Å². The molecule has 1 atom stereocenters. The zero-order valence-electron chi connectivity index (χ0n) is 9.94. The molecule has 1 heterocycles. The highest BCUT2D eigenvalue weighted by atomic mass is 79.9. The minimum absolute atomic E-state index is 0.154. The zero-order valence-corrected chi connectivity index (χ0v) is 13.1. The van der Waals surface area contributed by atoms with Crippen LogP contribution in [0, 0.1) is 5.82 Å². The van der Waals surface area contributed by atoms with Gasteiger partial charge in [0, 0.05) is 23.6 Å². The molecule has 0 amide bonds. The first-order valence-electron chi connectivity index (χ1n) is 5.72. The van der Waals surface area contributed by atoms with Gasteiger partial charge in [-0.15, -0.1) is 0 Å². The molecule has 8 heteroatoms. The van der Waals surface area contributed by atoms with Crippen LogP contribution in [-0.4, -0.2) is 31.9 Å². The quantitative estimate of drug-likeness (QED) is 0.812. The van der Waals surface area contributed by atoms with Crippen molar-refractivity contribution in [1.29, 1.82) is 0 Å². The number of nitrogens with two attached hydrogens (primary N) is 1. The second kappa shape index (κ2) is 5.65. The van der Waals surface area contributed by atoms with E-state index >= 15 is 0 Å². The number of hydrogen-bond donors (Lipinski definition) is 1. The maximum atomic E-state index is 13.9. The minimum atomic E-state index is -3.89. The first-order chi connectivity index (χ1) is 8.82. The molecular weight excluding hydrogens is 359 g/mol. The third-order valence-corrected chi connectivity index (χ3v) is 6.09. The topological polar surface area (TPSA) is 63.4 Å². The molecule has 2 rings (SSSR count). The predicted octanol–water partition coefficient (Wildman–Crippen LogP) is 2.35. The van der Waals surface area contributed by atoms with Crippen LogP contribution in [0.15, 0.2) is 21.5 Å². The number of benzene rings is 1. The summed E-state index contributed by atoms with van der Waals surface area (Å²) in [6, 6.07) is 1.97. The maximum Gasteiger partial charge on any atom is 0.246 e. The minimum Gasteiger partial charge on any atom is -0.327 e. The Morgan fingerprint density at radius 2 is 2.16 bits per heavy atom. The van der Waals surface area contributed by atoms with Gasteiger partial charge in [0.2, 0.25) is 10.0 Å². The summed E-state index contributed by atoms with van der Waals surface area (Å²) in [6.07, 6.45) is 1.45. The van der Waals surface area contributed by atoms with Crippen molar-refractivity contribution in [3.05, 3.63) is 27.4 Å². The highest BCUT2D eigenvalue weighted by Gasteiger charge is 2.31. The lowest BCUT2D eigenvalue weighted by molar-refractivity contribution is 0.315. The lowest BCUT2D eigenvalue weighted by Crippen LogP contribution is -2.45. The normalized spacial score (nSPS) is 21.6. The first kappa shape index (κ1) is 15.2. The average Bonchev–Trinajstić information content (AvgIpc) is 2.33. The van der Waals surface area contributed by atoms with Gasteiger partial charge in [0.25, 0.3) is 0 Å². The van der Waals surface area contributed by atoms with E-state index in [4.69, 9.17) is 17.3 Å². The summed E-state index contributed by atoms with van der Waals surface area (Å²) in [6.45, 7) is 0.554. The number of sulfonamides is 1. The van der Waals surface area contributed by atoms with Gasteiger partial charge in [0.1, 0.15) is 10.7 Å². The molecule has 0 spiro atoms. The van der Waals surface area contributed by atoms with E-state index in [0.29, 0.717) is 17.4 Å². The first-order valence-corrected chi connectivity index (χ1v) is 8.33. The highest BCUT2D eigenvalue weighted by Crippen LogP contribution is 2.30. The molecule has 1 aromatic rings. The van der Waals surface area contributed by atoms with Crippen LogP contribution < -0.4 is 5.73 Å². The van der Waals surface area contributed by atoms with E-state index in [0.717, 1.165) is 18.6 Å². The number of hydrogen-bond acceptors (Lipinski definition) is 3. The molecule has 0 radical (unpaired) electrons. The van der Waals surface area contributed by atoms with Crippen molar-refractivity contribution in [3.63, 3.8) is 0 Å². The van der Waals surface area contributed by atoms with Crippen LogP contribution in [0.25, 0.3) is 0 Å². The lowest BCUT2D eigenvalue weighted by Gasteiger charge is -2.30. The highest BCUT2D eigenvalue weighted by molar-refractivity contribution is 9.10. The van der Waals surface area contributed by atoms with Crippen LogP contribution in [0.2, 0.25) is 5.02 Å². The molecule has 1 aliphatic rings. The summed E-state index contributed by atoms with van der Waals surface area (Å²) in [5.41, 5.74) is 5.76. The molecule has 106 valence electrons. The van der Waals surface area contributed by atoms with Gasteiger partial charge in [-0.05, 0) is 40.9 Å². The summed E-state index contributed by atoms with van der Waals surface area (Å²) in [5, 5.41) is 0.154. The number of piperidine rings is 1. The van der Waals surface area contributed by atoms with Gasteiger partial charge >= 0.3 is 0 Å². The fourth-order valence-electron chi connectivity index (χ4n) is 2.03. The molecular formula is C11H13BrClFN2O2S. The Hall–Kier alpha value is -0.210. The average molecular weight is 372 g/mol. The number of rotatable bonds is 2. The van der Waals surface area contributed by atoms with Crippen LogP contribution in [0.1, 0.15) is 12.8 Å². The molecule has 0 saturated carbocycles. The Labute approximate surface area is 124 Å². The molecule has 2 N–H and O–H groups in total. The number of halogens is 3. The predicted molar refractivity (Wildman–Crippen MR) is 75.1 cm³/mol. The van der Waals surface area contributed by atoms with Crippen LogP contribution in [0.5, 0.6) is 0 Å². The van der Waals surface area contributed by atoms with Crippen molar-refractivity contribution < 1.29 is 12.8 Å². The van der Waals surface area contributed by atoms with Gasteiger partial charge in [-0.25, -0.2) is 12.8 Å². The Kier molecular flexibility index (Phi) is 4.52. The number of nitrogens with zero attached hydrogens (tertiary/aromatic N) is 1. The molecule has 1 aliphatic heterocycles. The van der Waals surface area contributed by atoms with Crippen LogP contribution in [0.4, 0.5) is 4.39 Å². The van der Waals surface area contributed by atoms with Gasteiger partial charge in [-0.2, -0.15) is 4.31 Å². The zero-order chi connectivity index (χ0) is 14.2. The van der Waals surface area contributed by atoms with Crippen LogP contribution >= 0.6 is 27.5 Å². The smallest absolute Gasteiger partial charge is 0.246 e. The largest absolute Gasteiger partial charge is 0.327 e. The monoisotopic (exact) mass is 370 g/mol. The van der Waals surface area contributed by atoms with E-state index in [1.165, 1.54) is 4.31 Å². The molecule has 1 unspecified atom stereocenters. The van der Waals surface area contributed by atoms with E-state index < -0.39 is 20.7 Å². The van der Waals surface area contributed by atoms with Gasteiger partial charge in [-0.3, -0.25) is 0 Å². The maximum absolute atomic E-state index is 13.9. The SMILES string of the molecule is NC1CCCN(S(=O)(=O)c2cc(Cl)c(Br)cc2F)C1. The van der Waals surface area contributed by atoms with Gasteiger partial charge in [0.05, 0.1) is 5.02 Å². The molecule has 0 aromatic heterocycles. The third kappa shape index (κ3) is 3.11. The van der Waals surface area contributed by atoms with E-state index in [1.54, 1.807) is 0 Å². The van der Waals surface area contributed by atoms with Crippen molar-refractivity contribution in [2.24, 2.45) is 5.73 Å². The standard InChI is InChI=1S/C11H13BrClFN2O2S/c12-8-4-10(14)11(5-9(8)13)19(17,18)16-3-1-2-7(15)6-16/h4-5,7H,1-3,6,15H2. The van der Waals surface area contributed by atoms with Crippen molar-refractivity contribution >= 4 is 37.6 Å². The fourth-order valence-corrected chi connectivity index (χ4v) is 4.18. The van der Waals surface area contributed by atoms with Crippen molar-refractivity contribution in [1.82, 2.24) is 4.31 Å². The molecule has 19 heavy (non-hydrogen) atoms. The van der Waals surface area contributed by atoms with E-state index in [1.807, 2.05) is 0 Å². The van der Waals surface area contributed by atoms with Crippen LogP contribution in [-0.2, 0) is 10.0 Å². The van der Waals surface area contributed by atoms with E-state index in [9.17, 15) is 12.8 Å². The van der Waals surface area contributed by atoms with Gasteiger partial charge < -0.3 is 5.73 Å². The Balaban J connectivity index is 2.42. The Morgan fingerprint density at radius 1 is 1.47 bits per heavy atom. The van der Waals surface area contributed by atoms with Crippen molar-refractivity contribution in [2.45, 2.75) is 23.8 Å². The fraction of sp³-hybridized carbons (Fsp3) is 0.455. The summed E-state index contributed by atoms with van der Waals surface area (Å²) in [7, 11) is -3.89. The molecule has 1 aromatic carbocycles. The Morgan fingerprint density at radius 3 is 2.79 bits per heavy atom. The van der Waals surface area contributed by atoms with Crippen molar-refractivity contribution in [3.8, 4) is 0 Å². The van der Waals surface area contributed by atoms with E-state index in [-0.39, 0.29) is 17.6 Å². The van der Waals surface area contributed by atoms with Crippen molar-refractivity contribution in [2.75, 3.05) is 13.1 Å². The molecule has 0 aliphatic carbocycles. The van der Waals surface area contributed by atoms with Gasteiger partial charge in [-0.1, -0.05) is 11.6 Å². The molecule has 1 fully saturated rings. The molecule has 1 saturated heterocycles. The Bertz CT molecular complexity index is 597. The summed E-state index contributed by atoms with van der Waals surface area (Å²) < 4.78 is 40.1. The summed E-state index contributed by atoms with van der Waals surface area (Å²) in [5.74, 6) is -0.824. The third-order valence-electron chi connectivity index (χ3n) is 3.01. The second-order valence-corrected chi connectivity index (χ2v) is 7.63. The lowest BCUT2D eigenvalue weighted by atomic mass is 10.1.